The van der Waals surface area contributed by atoms with Gasteiger partial charge < -0.3 is 20.3 Å². The van der Waals surface area contributed by atoms with E-state index in [0.29, 0.717) is 49.8 Å². The largest absolute Gasteiger partial charge is 0.444 e. The summed E-state index contributed by atoms with van der Waals surface area (Å²) in [5.74, 6) is -1.11. The number of ether oxygens (including phenoxy) is 1. The minimum absolute atomic E-state index is 0.124. The first kappa shape index (κ1) is 29.3. The smallest absolute Gasteiger partial charge is 0.407 e. The van der Waals surface area contributed by atoms with E-state index in [-0.39, 0.29) is 25.4 Å². The second kappa shape index (κ2) is 14.0. The Morgan fingerprint density at radius 3 is 2.39 bits per heavy atom. The molecule has 0 spiro atoms. The van der Waals surface area contributed by atoms with Gasteiger partial charge in [0.2, 0.25) is 12.3 Å². The zero-order valence-electron chi connectivity index (χ0n) is 21.6. The quantitative estimate of drug-likeness (QED) is 0.142. The molecule has 0 aromatic heterocycles. The lowest BCUT2D eigenvalue weighted by Gasteiger charge is -2.30. The molecule has 2 aliphatic rings. The lowest BCUT2D eigenvalue weighted by molar-refractivity contribution is -0.158. The maximum atomic E-state index is 13.3. The Labute approximate surface area is 212 Å². The predicted octanol–water partition coefficient (Wildman–Crippen LogP) is 1.76. The number of likely N-dealkylation sites (tertiary alicyclic amines) is 1. The number of carbonyl (C=O) groups excluding carboxylic acids is 5. The highest BCUT2D eigenvalue weighted by molar-refractivity contribution is 5.99. The average Bonchev–Trinajstić information content (AvgIpc) is 3.48. The fourth-order valence-electron chi connectivity index (χ4n) is 4.74. The summed E-state index contributed by atoms with van der Waals surface area (Å²) in [5, 5.41) is 17.6. The van der Waals surface area contributed by atoms with Crippen LogP contribution in [0.5, 0.6) is 0 Å². The van der Waals surface area contributed by atoms with Gasteiger partial charge in [-0.25, -0.2) is 14.7 Å². The SMILES string of the molecule is CC(C)(C)OC(=O)NCCCNC(=O)NC(=O)[C@@H]1CCCN1C(=O)[C@H](CC1CCCC1)CN(O)C=O. The van der Waals surface area contributed by atoms with Crippen LogP contribution in [-0.2, 0) is 19.1 Å². The topological polar surface area (TPSA) is 157 Å². The molecule has 1 heterocycles. The molecule has 6 amide bonds. The molecule has 2 fully saturated rings. The third-order valence-corrected chi connectivity index (χ3v) is 6.35. The maximum absolute atomic E-state index is 13.3. The van der Waals surface area contributed by atoms with Gasteiger partial charge in [-0.3, -0.25) is 24.9 Å². The van der Waals surface area contributed by atoms with E-state index < -0.39 is 35.6 Å². The van der Waals surface area contributed by atoms with Crippen LogP contribution in [0.1, 0.15) is 72.1 Å². The number of rotatable bonds is 11. The molecule has 1 aliphatic carbocycles. The van der Waals surface area contributed by atoms with E-state index in [9.17, 15) is 29.2 Å². The first-order valence-corrected chi connectivity index (χ1v) is 12.8. The van der Waals surface area contributed by atoms with E-state index in [2.05, 4.69) is 16.0 Å². The Balaban J connectivity index is 1.81. The Morgan fingerprint density at radius 1 is 1.08 bits per heavy atom. The fourth-order valence-corrected chi connectivity index (χ4v) is 4.74. The number of amides is 6. The van der Waals surface area contributed by atoms with Gasteiger partial charge >= 0.3 is 12.1 Å². The number of urea groups is 1. The summed E-state index contributed by atoms with van der Waals surface area (Å²) in [4.78, 5) is 62.3. The van der Waals surface area contributed by atoms with Gasteiger partial charge in [-0.1, -0.05) is 25.7 Å². The van der Waals surface area contributed by atoms with Crippen LogP contribution in [0.3, 0.4) is 0 Å². The van der Waals surface area contributed by atoms with Crippen molar-refractivity contribution < 1.29 is 33.9 Å². The van der Waals surface area contributed by atoms with Crippen molar-refractivity contribution in [1.29, 1.82) is 0 Å². The molecule has 36 heavy (non-hydrogen) atoms. The van der Waals surface area contributed by atoms with E-state index in [0.717, 1.165) is 25.7 Å². The molecule has 0 aromatic carbocycles. The summed E-state index contributed by atoms with van der Waals surface area (Å²) in [7, 11) is 0. The minimum atomic E-state index is -0.786. The maximum Gasteiger partial charge on any atom is 0.407 e. The molecule has 4 N–H and O–H groups in total. The molecule has 0 aromatic rings. The van der Waals surface area contributed by atoms with Crippen LogP contribution in [0.15, 0.2) is 0 Å². The Kier molecular flexibility index (Phi) is 11.4. The van der Waals surface area contributed by atoms with Gasteiger partial charge in [0.05, 0.1) is 12.5 Å². The van der Waals surface area contributed by atoms with Crippen LogP contribution in [0.4, 0.5) is 9.59 Å². The van der Waals surface area contributed by atoms with Crippen molar-refractivity contribution in [2.24, 2.45) is 11.8 Å². The molecule has 0 radical (unpaired) electrons. The van der Waals surface area contributed by atoms with Gasteiger partial charge in [-0.2, -0.15) is 0 Å². The highest BCUT2D eigenvalue weighted by atomic mass is 16.6. The molecule has 1 saturated carbocycles. The predicted molar refractivity (Wildman–Crippen MR) is 130 cm³/mol. The summed E-state index contributed by atoms with van der Waals surface area (Å²) in [6.45, 7) is 6.05. The molecule has 2 rings (SSSR count). The fraction of sp³-hybridized carbons (Fsp3) is 0.792. The number of alkyl carbamates (subject to hydrolysis) is 1. The molecule has 2 atom stereocenters. The number of hydrogen-bond acceptors (Lipinski definition) is 7. The van der Waals surface area contributed by atoms with E-state index in [1.807, 2.05) is 0 Å². The molecule has 204 valence electrons. The van der Waals surface area contributed by atoms with E-state index in [1.165, 1.54) is 4.90 Å². The minimum Gasteiger partial charge on any atom is -0.444 e. The Bertz CT molecular complexity index is 779. The van der Waals surface area contributed by atoms with Crippen LogP contribution in [0, 0.1) is 11.8 Å². The molecule has 1 aliphatic heterocycles. The van der Waals surface area contributed by atoms with Crippen LogP contribution in [0.25, 0.3) is 0 Å². The van der Waals surface area contributed by atoms with Crippen molar-refractivity contribution in [3.05, 3.63) is 0 Å². The lowest BCUT2D eigenvalue weighted by atomic mass is 9.91. The lowest BCUT2D eigenvalue weighted by Crippen LogP contribution is -2.52. The number of nitrogens with one attached hydrogen (secondary N) is 3. The van der Waals surface area contributed by atoms with E-state index in [1.54, 1.807) is 20.8 Å². The molecule has 0 bridgehead atoms. The Morgan fingerprint density at radius 2 is 1.75 bits per heavy atom. The van der Waals surface area contributed by atoms with Gasteiger partial charge in [-0.15, -0.1) is 0 Å². The van der Waals surface area contributed by atoms with Gasteiger partial charge in [0, 0.05) is 19.6 Å². The summed E-state index contributed by atoms with van der Waals surface area (Å²) >= 11 is 0. The van der Waals surface area contributed by atoms with Crippen molar-refractivity contribution in [1.82, 2.24) is 25.9 Å². The van der Waals surface area contributed by atoms with Gasteiger partial charge in [-0.05, 0) is 52.4 Å². The molecule has 12 heteroatoms. The average molecular weight is 512 g/mol. The summed E-state index contributed by atoms with van der Waals surface area (Å²) in [6.07, 6.45) is 5.98. The zero-order chi connectivity index (χ0) is 26.7. The van der Waals surface area contributed by atoms with Crippen LogP contribution in [0.2, 0.25) is 0 Å². The van der Waals surface area contributed by atoms with Gasteiger partial charge in [0.25, 0.3) is 5.91 Å². The first-order valence-electron chi connectivity index (χ1n) is 12.8. The molecular formula is C24H41N5O7. The van der Waals surface area contributed by atoms with Crippen molar-refractivity contribution in [2.75, 3.05) is 26.2 Å². The molecule has 0 unspecified atom stereocenters. The third kappa shape index (κ3) is 10.00. The summed E-state index contributed by atoms with van der Waals surface area (Å²) in [5.41, 5.74) is -0.597. The molecule has 1 saturated heterocycles. The zero-order valence-corrected chi connectivity index (χ0v) is 21.6. The number of imide groups is 1. The summed E-state index contributed by atoms with van der Waals surface area (Å²) in [6, 6.07) is -1.46. The standard InChI is InChI=1S/C24H41N5O7/c1-24(2,3)36-23(34)26-12-7-11-25-22(33)27-20(31)19-10-6-13-29(19)21(32)18(15-28(35)16-30)14-17-8-4-5-9-17/h16-19,35H,4-15H2,1-3H3,(H,26,34)(H2,25,27,31,33)/t18-,19+/m1/s1. The number of hydroxylamine groups is 2. The first-order chi connectivity index (χ1) is 17.0. The second-order valence-corrected chi connectivity index (χ2v) is 10.5. The van der Waals surface area contributed by atoms with E-state index >= 15 is 0 Å². The number of carbonyl (C=O) groups is 5. The van der Waals surface area contributed by atoms with Gasteiger partial charge in [0.1, 0.15) is 11.6 Å². The van der Waals surface area contributed by atoms with Gasteiger partial charge in [0.15, 0.2) is 0 Å². The van der Waals surface area contributed by atoms with Crippen LogP contribution < -0.4 is 16.0 Å². The molecular weight excluding hydrogens is 470 g/mol. The van der Waals surface area contributed by atoms with Crippen molar-refractivity contribution in [3.63, 3.8) is 0 Å². The normalized spacial score (nSPS) is 18.9. The molecule has 12 nitrogen and oxygen atoms in total. The Hall–Kier alpha value is -2.89. The number of hydrogen-bond donors (Lipinski definition) is 4. The van der Waals surface area contributed by atoms with Crippen LogP contribution in [-0.4, -0.2) is 83.3 Å². The number of nitrogens with zero attached hydrogens (tertiary/aromatic N) is 2. The van der Waals surface area contributed by atoms with E-state index in [4.69, 9.17) is 4.74 Å². The van der Waals surface area contributed by atoms with Crippen molar-refractivity contribution in [2.45, 2.75) is 83.8 Å². The van der Waals surface area contributed by atoms with Crippen molar-refractivity contribution >= 4 is 30.3 Å². The third-order valence-electron chi connectivity index (χ3n) is 6.35. The monoisotopic (exact) mass is 511 g/mol. The van der Waals surface area contributed by atoms with Crippen molar-refractivity contribution in [3.8, 4) is 0 Å². The highest BCUT2D eigenvalue weighted by Gasteiger charge is 2.39. The summed E-state index contributed by atoms with van der Waals surface area (Å²) < 4.78 is 5.13. The highest BCUT2D eigenvalue weighted by Crippen LogP contribution is 2.32. The second-order valence-electron chi connectivity index (χ2n) is 10.5. The van der Waals surface area contributed by atoms with Crippen LogP contribution >= 0.6 is 0 Å².